The van der Waals surface area contributed by atoms with Crippen molar-refractivity contribution in [3.63, 3.8) is 0 Å². The average Bonchev–Trinajstić information content (AvgIpc) is 4.09. The number of rotatable bonds is 6. The normalized spacial score (nSPS) is 17.5. The van der Waals surface area contributed by atoms with Gasteiger partial charge in [-0.1, -0.05) is 176 Å². The third-order valence-electron chi connectivity index (χ3n) is 17.7. The zero-order chi connectivity index (χ0) is 52.8. The predicted octanol–water partition coefficient (Wildman–Crippen LogP) is 19.8. The molecule has 0 amide bonds. The fourth-order valence-electron chi connectivity index (χ4n) is 13.2. The molecule has 1 aliphatic heterocycles. The van der Waals surface area contributed by atoms with Crippen molar-refractivity contribution >= 4 is 71.8 Å². The van der Waals surface area contributed by atoms with Crippen LogP contribution in [0.25, 0.3) is 60.2 Å². The molecule has 2 heterocycles. The minimum absolute atomic E-state index is 0.0201. The van der Waals surface area contributed by atoms with E-state index in [2.05, 4.69) is 233 Å². The van der Waals surface area contributed by atoms with Crippen LogP contribution in [0, 0.1) is 22.5 Å². The molecule has 5 heteroatoms. The van der Waals surface area contributed by atoms with Gasteiger partial charge in [-0.3, -0.25) is 0 Å². The highest BCUT2D eigenvalue weighted by atomic mass is 19.1. The van der Waals surface area contributed by atoms with E-state index in [1.807, 2.05) is 24.3 Å². The summed E-state index contributed by atoms with van der Waals surface area (Å²) in [6.07, 6.45) is 7.90. The van der Waals surface area contributed by atoms with E-state index in [1.54, 1.807) is 24.3 Å². The smallest absolute Gasteiger partial charge is 0.123 e. The average molecular weight is 1000 g/mol. The molecule has 3 aliphatic rings. The van der Waals surface area contributed by atoms with Crippen LogP contribution in [0.15, 0.2) is 224 Å². The van der Waals surface area contributed by atoms with E-state index in [1.165, 1.54) is 55.2 Å². The first kappa shape index (κ1) is 47.0. The Labute approximate surface area is 449 Å². The van der Waals surface area contributed by atoms with E-state index in [-0.39, 0.29) is 27.9 Å². The van der Waals surface area contributed by atoms with Gasteiger partial charge in [-0.15, -0.1) is 0 Å². The molecule has 0 saturated carbocycles. The fraction of sp³-hybridized carbons (Fsp3) is 0.167. The van der Waals surface area contributed by atoms with E-state index in [4.69, 9.17) is 0 Å². The van der Waals surface area contributed by atoms with E-state index < -0.39 is 5.41 Å². The van der Waals surface area contributed by atoms with Crippen molar-refractivity contribution in [3.05, 3.63) is 264 Å². The Morgan fingerprint density at radius 1 is 0.468 bits per heavy atom. The highest BCUT2D eigenvalue weighted by molar-refractivity contribution is 6.20. The number of allylic oxidation sites excluding steroid dienone is 3. The number of hydrogen-bond donors (Lipinski definition) is 0. The topological polar surface area (TPSA) is 11.4 Å². The Kier molecular flexibility index (Phi) is 10.2. The predicted molar refractivity (Wildman–Crippen MR) is 318 cm³/mol. The molecule has 376 valence electrons. The largest absolute Gasteiger partial charge is 0.310 e. The summed E-state index contributed by atoms with van der Waals surface area (Å²) < 4.78 is 32.7. The first-order chi connectivity index (χ1) is 37.2. The van der Waals surface area contributed by atoms with Gasteiger partial charge in [0, 0.05) is 44.3 Å². The van der Waals surface area contributed by atoms with Crippen LogP contribution in [0.3, 0.4) is 0 Å². The molecule has 0 N–H and O–H groups in total. The Morgan fingerprint density at radius 2 is 0.948 bits per heavy atom. The lowest BCUT2D eigenvalue weighted by atomic mass is 9.64. The molecule has 0 fully saturated rings. The van der Waals surface area contributed by atoms with Crippen LogP contribution in [0.4, 0.5) is 37.2 Å². The molecule has 11 aromatic rings. The number of fused-ring (bicyclic) bond motifs is 16. The molecule has 3 nitrogen and oxygen atoms in total. The lowest BCUT2D eigenvalue weighted by Crippen LogP contribution is -2.34. The number of aromatic nitrogens is 1. The van der Waals surface area contributed by atoms with Crippen LogP contribution in [0.5, 0.6) is 0 Å². The summed E-state index contributed by atoms with van der Waals surface area (Å²) in [6, 6.07) is 70.3. The zero-order valence-corrected chi connectivity index (χ0v) is 44.6. The summed E-state index contributed by atoms with van der Waals surface area (Å²) in [4.78, 5) is 4.69. The first-order valence-corrected chi connectivity index (χ1v) is 27.0. The van der Waals surface area contributed by atoms with Gasteiger partial charge in [0.1, 0.15) is 11.6 Å². The van der Waals surface area contributed by atoms with E-state index in [0.717, 1.165) is 73.3 Å². The van der Waals surface area contributed by atoms with Crippen LogP contribution in [-0.4, -0.2) is 4.57 Å². The number of anilines is 5. The second-order valence-electron chi connectivity index (χ2n) is 23.8. The van der Waals surface area contributed by atoms with Crippen molar-refractivity contribution < 1.29 is 8.78 Å². The maximum Gasteiger partial charge on any atom is 0.123 e. The van der Waals surface area contributed by atoms with Crippen LogP contribution in [0.1, 0.15) is 82.7 Å². The summed E-state index contributed by atoms with van der Waals surface area (Å²) in [7, 11) is 0. The Balaban J connectivity index is 1.16. The summed E-state index contributed by atoms with van der Waals surface area (Å²) >= 11 is 0. The molecule has 10 aromatic carbocycles. The van der Waals surface area contributed by atoms with Crippen molar-refractivity contribution in [1.29, 1.82) is 0 Å². The highest BCUT2D eigenvalue weighted by Gasteiger charge is 2.53. The maximum absolute atomic E-state index is 15.1. The number of nitrogens with zero attached hydrogens (tertiary/aromatic N) is 3. The summed E-state index contributed by atoms with van der Waals surface area (Å²) in [5, 5.41) is 6.83. The third kappa shape index (κ3) is 6.78. The number of halogens is 2. The van der Waals surface area contributed by atoms with E-state index >= 15 is 8.78 Å². The Morgan fingerprint density at radius 3 is 1.51 bits per heavy atom. The zero-order valence-electron chi connectivity index (χ0n) is 44.6. The fourth-order valence-corrected chi connectivity index (χ4v) is 13.2. The maximum atomic E-state index is 15.1. The minimum Gasteiger partial charge on any atom is -0.310 e. The van der Waals surface area contributed by atoms with Crippen molar-refractivity contribution in [1.82, 2.24) is 4.57 Å². The second-order valence-corrected chi connectivity index (χ2v) is 23.8. The molecule has 2 aliphatic carbocycles. The molecule has 0 radical (unpaired) electrons. The van der Waals surface area contributed by atoms with Gasteiger partial charge in [0.25, 0.3) is 0 Å². The molecule has 2 unspecified atom stereocenters. The lowest BCUT2D eigenvalue weighted by Gasteiger charge is -2.42. The van der Waals surface area contributed by atoms with Crippen molar-refractivity contribution in [2.24, 2.45) is 10.8 Å². The van der Waals surface area contributed by atoms with Gasteiger partial charge in [0.2, 0.25) is 0 Å². The molecule has 0 bridgehead atoms. The van der Waals surface area contributed by atoms with Gasteiger partial charge < -0.3 is 14.4 Å². The summed E-state index contributed by atoms with van der Waals surface area (Å²) in [5.74, 6) is -0.562. The highest BCUT2D eigenvalue weighted by Crippen LogP contribution is 2.66. The first-order valence-electron chi connectivity index (χ1n) is 27.0. The van der Waals surface area contributed by atoms with Gasteiger partial charge in [-0.05, 0) is 163 Å². The second kappa shape index (κ2) is 16.7. The molecular formula is C72H59F2N3. The van der Waals surface area contributed by atoms with Crippen LogP contribution in [0.2, 0.25) is 0 Å². The lowest BCUT2D eigenvalue weighted by molar-refractivity contribution is 0.169. The third-order valence-corrected chi connectivity index (χ3v) is 17.7. The number of para-hydroxylation sites is 3. The number of hydrogen-bond acceptors (Lipinski definition) is 2. The van der Waals surface area contributed by atoms with Crippen LogP contribution >= 0.6 is 0 Å². The summed E-state index contributed by atoms with van der Waals surface area (Å²) in [6.45, 7) is 16.0. The molecule has 1 aromatic heterocycles. The number of benzene rings is 10. The molecule has 14 rings (SSSR count). The molecule has 1 spiro atoms. The molecule has 0 saturated heterocycles. The molecule has 77 heavy (non-hydrogen) atoms. The standard InChI is InChI=1S/C72H59F2N3/c1-69(2,3)45-27-33-48(34-28-45)75(49-35-29-46(73)30-36-49)64-43-60-66(55-20-10-8-17-52(55)64)67-56-21-11-9-18-53(56)65(76(50-37-31-47(74)32-38-50)51-39-41-71(7,42-40-51)70(4,5)6)44-61(67)72(60)58-23-13-15-26-63(58)77-62-25-14-12-19-54(62)57-22-16-24-59(72)68(57)77/h8-41,43-44H,42H2,1-7H3. The Hall–Kier alpha value is -8.54. The van der Waals surface area contributed by atoms with Crippen LogP contribution < -0.4 is 9.80 Å². The van der Waals surface area contributed by atoms with Gasteiger partial charge >= 0.3 is 0 Å². The molecule has 2 atom stereocenters. The van der Waals surface area contributed by atoms with Crippen molar-refractivity contribution in [2.45, 2.75) is 65.7 Å². The minimum atomic E-state index is -0.886. The van der Waals surface area contributed by atoms with Crippen molar-refractivity contribution in [3.8, 4) is 16.8 Å². The monoisotopic (exact) mass is 1000 g/mol. The van der Waals surface area contributed by atoms with E-state index in [0.29, 0.717) is 0 Å². The summed E-state index contributed by atoms with van der Waals surface area (Å²) in [5.41, 5.74) is 16.6. The van der Waals surface area contributed by atoms with Gasteiger partial charge in [0.15, 0.2) is 0 Å². The molecular weight excluding hydrogens is 945 g/mol. The van der Waals surface area contributed by atoms with E-state index in [9.17, 15) is 0 Å². The van der Waals surface area contributed by atoms with Gasteiger partial charge in [-0.25, -0.2) is 8.78 Å². The van der Waals surface area contributed by atoms with Crippen molar-refractivity contribution in [2.75, 3.05) is 9.80 Å². The van der Waals surface area contributed by atoms with Gasteiger partial charge in [0.05, 0.1) is 33.5 Å². The Bertz CT molecular complexity index is 4300. The quantitative estimate of drug-likeness (QED) is 0.164. The van der Waals surface area contributed by atoms with Crippen LogP contribution in [-0.2, 0) is 10.8 Å². The van der Waals surface area contributed by atoms with Gasteiger partial charge in [-0.2, -0.15) is 0 Å². The SMILES string of the molecule is CC(C)(C)c1ccc(N(c2ccc(F)cc2)c2cc3c(c4ccccc24)-c2c(cc(N(C4=CCC(C)(C(C)(C)C)C=C4)c4ccc(F)cc4)c4ccccc24)C32c3ccccc3-n3c4ccccc4c4cccc2c43)cc1.